The Morgan fingerprint density at radius 2 is 1.71 bits per heavy atom. The van der Waals surface area contributed by atoms with Crippen molar-refractivity contribution in [3.8, 4) is 17.2 Å². The molecule has 0 bridgehead atoms. The van der Waals surface area contributed by atoms with Gasteiger partial charge in [-0.2, -0.15) is 8.42 Å². The number of Topliss-reactive ketones (excluding diaryl/α,β-unsaturated/α-hetero) is 1. The molecular weight excluding hydrogens is 697 g/mol. The highest BCUT2D eigenvalue weighted by atomic mass is 32.3. The van der Waals surface area contributed by atoms with Gasteiger partial charge in [0.05, 0.1) is 46.9 Å². The minimum absolute atomic E-state index is 0.0310. The molecule has 1 saturated heterocycles. The fourth-order valence-corrected chi connectivity index (χ4v) is 7.34. The molecule has 2 aliphatic carbocycles. The minimum atomic E-state index is -5.01. The van der Waals surface area contributed by atoms with Gasteiger partial charge in [-0.3, -0.25) is 19.2 Å². The molecule has 6 N–H and O–H groups in total. The summed E-state index contributed by atoms with van der Waals surface area (Å²) in [6, 6.07) is 7.07. The van der Waals surface area contributed by atoms with E-state index in [1.807, 2.05) is 0 Å². The zero-order chi connectivity index (χ0) is 37.2. The number of phenolic OH excluding ortho intramolecular Hbond substituents is 2. The number of fused-ring (bicyclic) bond motifs is 3. The van der Waals surface area contributed by atoms with Crippen molar-refractivity contribution in [3.05, 3.63) is 81.4 Å². The summed E-state index contributed by atoms with van der Waals surface area (Å²) < 4.78 is 52.9. The zero-order valence-electron chi connectivity index (χ0n) is 27.0. The van der Waals surface area contributed by atoms with Crippen molar-refractivity contribution in [2.45, 2.75) is 67.3 Å². The zero-order valence-corrected chi connectivity index (χ0v) is 27.8. The highest BCUT2D eigenvalue weighted by molar-refractivity contribution is 7.86. The van der Waals surface area contributed by atoms with E-state index in [1.54, 1.807) is 0 Å². The summed E-state index contributed by atoms with van der Waals surface area (Å²) in [5.74, 6) is -5.08. The van der Waals surface area contributed by atoms with Crippen LogP contribution >= 0.6 is 0 Å². The molecule has 51 heavy (non-hydrogen) atoms. The number of aliphatic hydroxyl groups is 3. The van der Waals surface area contributed by atoms with Crippen molar-refractivity contribution < 1.29 is 71.2 Å². The van der Waals surface area contributed by atoms with E-state index >= 15 is 0 Å². The Morgan fingerprint density at radius 1 is 1.04 bits per heavy atom. The van der Waals surface area contributed by atoms with Gasteiger partial charge in [0.15, 0.2) is 17.9 Å². The number of nitrogens with one attached hydrogen (secondary N) is 1. The lowest BCUT2D eigenvalue weighted by Gasteiger charge is -2.43. The van der Waals surface area contributed by atoms with Crippen LogP contribution in [0.5, 0.6) is 17.2 Å². The Labute approximate surface area is 289 Å². The number of halogens is 1. The van der Waals surface area contributed by atoms with Gasteiger partial charge in [0.25, 0.3) is 5.91 Å². The van der Waals surface area contributed by atoms with Crippen LogP contribution in [-0.4, -0.2) is 101 Å². The first-order valence-corrected chi connectivity index (χ1v) is 17.0. The van der Waals surface area contributed by atoms with Crippen LogP contribution < -0.4 is 10.1 Å². The summed E-state index contributed by atoms with van der Waals surface area (Å²) in [5.41, 5.74) is -4.41. The largest absolute Gasteiger partial charge is 0.507 e. The molecular formula is C34H32FNO14S. The van der Waals surface area contributed by atoms with Crippen LogP contribution in [0.25, 0.3) is 0 Å². The predicted molar refractivity (Wildman–Crippen MR) is 170 cm³/mol. The average molecular weight is 730 g/mol. The molecule has 3 aromatic rings. The van der Waals surface area contributed by atoms with Crippen molar-refractivity contribution in [2.75, 3.05) is 13.7 Å². The van der Waals surface area contributed by atoms with Crippen LogP contribution in [0.1, 0.15) is 79.2 Å². The number of carbonyl (C=O) groups is 4. The van der Waals surface area contributed by atoms with Crippen molar-refractivity contribution in [1.29, 1.82) is 0 Å². The fourth-order valence-electron chi connectivity index (χ4n) is 6.88. The number of hydrogen-bond donors (Lipinski definition) is 6. The van der Waals surface area contributed by atoms with Gasteiger partial charge in [-0.1, -0.05) is 12.1 Å². The Bertz CT molecular complexity index is 2080. The molecule has 1 amide bonds. The SMILES string of the molecule is COc1cccc2c1C(=O)c1c(O)c3c(c(O)c1C2=O)C[C@](O)(C(=O)CO)C[C@@H]3O[C@H]1C[C@H](NC(=O)c2ccc(S(=O)(=O)F)cc2)[C@H](O)[C@H](C)O1. The predicted octanol–water partition coefficient (Wildman–Crippen LogP) is 1.13. The third-order valence-electron chi connectivity index (χ3n) is 9.48. The lowest BCUT2D eigenvalue weighted by molar-refractivity contribution is -0.249. The number of phenols is 2. The molecule has 0 unspecified atom stereocenters. The maximum atomic E-state index is 13.9. The highest BCUT2D eigenvalue weighted by Crippen LogP contribution is 2.52. The number of ketones is 3. The van der Waals surface area contributed by atoms with E-state index in [2.05, 4.69) is 5.32 Å². The van der Waals surface area contributed by atoms with E-state index < -0.39 is 117 Å². The molecule has 17 heteroatoms. The Balaban J connectivity index is 1.36. The highest BCUT2D eigenvalue weighted by Gasteiger charge is 2.50. The number of methoxy groups -OCH3 is 1. The van der Waals surface area contributed by atoms with E-state index in [0.717, 1.165) is 24.3 Å². The second-order valence-corrected chi connectivity index (χ2v) is 13.9. The lowest BCUT2D eigenvalue weighted by atomic mass is 9.72. The molecule has 3 aliphatic rings. The number of rotatable bonds is 8. The van der Waals surface area contributed by atoms with E-state index in [-0.39, 0.29) is 40.0 Å². The number of carbonyl (C=O) groups excluding carboxylic acids is 4. The van der Waals surface area contributed by atoms with Crippen molar-refractivity contribution in [2.24, 2.45) is 0 Å². The number of amides is 1. The molecule has 6 rings (SSSR count). The standard InChI is InChI=1S/C34H32FNO14S/c1-14-28(39)19(36-33(44)15-6-8-16(9-7-15)51(35,46)47)10-23(49-14)50-21-12-34(45,22(38)13-37)11-18-25(21)32(43)27-26(30(18)41)29(40)17-4-3-5-20(48-2)24(17)31(27)42/h3-9,14,19,21,23,28,37,39,41,43,45H,10-13H2,1-2H3,(H,36,44)/t14-,19-,21-,23-,28+,34+/m0/s1. The van der Waals surface area contributed by atoms with Crippen molar-refractivity contribution in [3.63, 3.8) is 0 Å². The molecule has 1 aliphatic heterocycles. The van der Waals surface area contributed by atoms with Gasteiger partial charge in [0.2, 0.25) is 5.78 Å². The average Bonchev–Trinajstić information content (AvgIpc) is 3.09. The molecule has 0 saturated carbocycles. The van der Waals surface area contributed by atoms with Crippen LogP contribution in [0.2, 0.25) is 0 Å². The molecule has 1 heterocycles. The number of aromatic hydroxyl groups is 2. The van der Waals surface area contributed by atoms with Gasteiger partial charge in [-0.15, -0.1) is 3.89 Å². The molecule has 15 nitrogen and oxygen atoms in total. The van der Waals surface area contributed by atoms with E-state index in [1.165, 1.54) is 32.2 Å². The van der Waals surface area contributed by atoms with Crippen molar-refractivity contribution in [1.82, 2.24) is 5.32 Å². The van der Waals surface area contributed by atoms with Crippen molar-refractivity contribution >= 4 is 33.5 Å². The van der Waals surface area contributed by atoms with Gasteiger partial charge in [-0.05, 0) is 37.3 Å². The molecule has 0 aromatic heterocycles. The maximum Gasteiger partial charge on any atom is 0.332 e. The summed E-state index contributed by atoms with van der Waals surface area (Å²) in [7, 11) is -3.73. The monoisotopic (exact) mass is 729 g/mol. The topological polar surface area (TPSA) is 243 Å². The van der Waals surface area contributed by atoms with Gasteiger partial charge in [0.1, 0.15) is 35.6 Å². The van der Waals surface area contributed by atoms with Gasteiger partial charge in [-0.25, -0.2) is 0 Å². The molecule has 270 valence electrons. The normalized spacial score (nSPS) is 25.7. The molecule has 0 spiro atoms. The Hall–Kier alpha value is -4.78. The summed E-state index contributed by atoms with van der Waals surface area (Å²) in [6.45, 7) is 0.339. The van der Waals surface area contributed by atoms with Gasteiger partial charge in [0, 0.05) is 41.5 Å². The Morgan fingerprint density at radius 3 is 2.33 bits per heavy atom. The summed E-state index contributed by atoms with van der Waals surface area (Å²) in [4.78, 5) is 52.7. The number of aliphatic hydroxyl groups excluding tert-OH is 2. The summed E-state index contributed by atoms with van der Waals surface area (Å²) in [5, 5.41) is 57.8. The van der Waals surface area contributed by atoms with E-state index in [4.69, 9.17) is 14.2 Å². The molecule has 6 atom stereocenters. The number of benzene rings is 3. The first-order valence-electron chi connectivity index (χ1n) is 15.6. The third-order valence-corrected chi connectivity index (χ3v) is 10.3. The minimum Gasteiger partial charge on any atom is -0.507 e. The van der Waals surface area contributed by atoms with Crippen LogP contribution in [0, 0.1) is 0 Å². The maximum absolute atomic E-state index is 13.9. The second-order valence-electron chi connectivity index (χ2n) is 12.5. The quantitative estimate of drug-likeness (QED) is 0.110. The number of hydrogen-bond acceptors (Lipinski definition) is 14. The van der Waals surface area contributed by atoms with Gasteiger partial charge < -0.3 is 45.1 Å². The lowest BCUT2D eigenvalue weighted by Crippen LogP contribution is -2.55. The van der Waals surface area contributed by atoms with Crippen LogP contribution in [0.15, 0.2) is 47.4 Å². The first kappa shape index (κ1) is 36.0. The number of ether oxygens (including phenoxy) is 3. The van der Waals surface area contributed by atoms with E-state index in [0.29, 0.717) is 0 Å². The van der Waals surface area contributed by atoms with Gasteiger partial charge >= 0.3 is 10.2 Å². The third kappa shape index (κ3) is 6.15. The van der Waals surface area contributed by atoms with Crippen LogP contribution in [-0.2, 0) is 30.9 Å². The fraction of sp³-hybridized carbons (Fsp3) is 0.353. The van der Waals surface area contributed by atoms with E-state index in [9.17, 15) is 57.0 Å². The second kappa shape index (κ2) is 13.1. The van der Waals surface area contributed by atoms with Crippen LogP contribution in [0.3, 0.4) is 0 Å². The first-order chi connectivity index (χ1) is 24.0. The summed E-state index contributed by atoms with van der Waals surface area (Å²) in [6.07, 6.45) is -6.77. The van der Waals surface area contributed by atoms with Crippen LogP contribution in [0.4, 0.5) is 3.89 Å². The smallest absolute Gasteiger partial charge is 0.332 e. The molecule has 1 fully saturated rings. The molecule has 0 radical (unpaired) electrons. The molecule has 3 aromatic carbocycles. The summed E-state index contributed by atoms with van der Waals surface area (Å²) >= 11 is 0. The Kier molecular flexibility index (Phi) is 9.24.